The SMILES string of the molecule is CC1CCN(C(=O)CCCCCCN)C1C(=O)O. The molecule has 3 N–H and O–H groups in total. The zero-order chi connectivity index (χ0) is 13.5. The van der Waals surface area contributed by atoms with Gasteiger partial charge in [0.15, 0.2) is 0 Å². The summed E-state index contributed by atoms with van der Waals surface area (Å²) in [7, 11) is 0. The first kappa shape index (κ1) is 15.0. The smallest absolute Gasteiger partial charge is 0.326 e. The van der Waals surface area contributed by atoms with E-state index in [2.05, 4.69) is 0 Å². The lowest BCUT2D eigenvalue weighted by Gasteiger charge is -2.23. The first-order chi connectivity index (χ1) is 8.57. The van der Waals surface area contributed by atoms with Gasteiger partial charge in [-0.25, -0.2) is 4.79 Å². The van der Waals surface area contributed by atoms with Crippen molar-refractivity contribution >= 4 is 11.9 Å². The molecule has 1 aliphatic heterocycles. The van der Waals surface area contributed by atoms with E-state index < -0.39 is 12.0 Å². The maximum atomic E-state index is 12.0. The lowest BCUT2D eigenvalue weighted by molar-refractivity contribution is -0.149. The van der Waals surface area contributed by atoms with E-state index in [1.54, 1.807) is 0 Å². The molecule has 0 bridgehead atoms. The molecule has 18 heavy (non-hydrogen) atoms. The topological polar surface area (TPSA) is 83.6 Å². The zero-order valence-electron chi connectivity index (χ0n) is 11.1. The van der Waals surface area contributed by atoms with Gasteiger partial charge in [0, 0.05) is 13.0 Å². The van der Waals surface area contributed by atoms with Crippen molar-refractivity contribution in [1.82, 2.24) is 4.90 Å². The van der Waals surface area contributed by atoms with Crippen molar-refractivity contribution in [3.05, 3.63) is 0 Å². The Morgan fingerprint density at radius 2 is 1.94 bits per heavy atom. The Labute approximate surface area is 108 Å². The van der Waals surface area contributed by atoms with Crippen LogP contribution in [0.4, 0.5) is 0 Å². The number of nitrogens with two attached hydrogens (primary N) is 1. The number of aliphatic carboxylic acids is 1. The molecule has 1 aliphatic rings. The summed E-state index contributed by atoms with van der Waals surface area (Å²) in [5, 5.41) is 9.14. The molecule has 0 radical (unpaired) electrons. The summed E-state index contributed by atoms with van der Waals surface area (Å²) < 4.78 is 0. The molecule has 0 saturated carbocycles. The molecule has 2 unspecified atom stereocenters. The lowest BCUT2D eigenvalue weighted by atomic mass is 10.0. The fraction of sp³-hybridized carbons (Fsp3) is 0.846. The molecule has 1 amide bonds. The highest BCUT2D eigenvalue weighted by Crippen LogP contribution is 2.25. The van der Waals surface area contributed by atoms with Crippen LogP contribution in [0.3, 0.4) is 0 Å². The maximum Gasteiger partial charge on any atom is 0.326 e. The van der Waals surface area contributed by atoms with E-state index in [9.17, 15) is 9.59 Å². The van der Waals surface area contributed by atoms with Crippen molar-refractivity contribution in [3.63, 3.8) is 0 Å². The number of hydrogen-bond acceptors (Lipinski definition) is 3. The quantitative estimate of drug-likeness (QED) is 0.671. The molecule has 0 aromatic rings. The van der Waals surface area contributed by atoms with Gasteiger partial charge in [0.2, 0.25) is 5.91 Å². The fourth-order valence-corrected chi connectivity index (χ4v) is 2.52. The summed E-state index contributed by atoms with van der Waals surface area (Å²) in [6.45, 7) is 3.17. The molecule has 0 aromatic carbocycles. The van der Waals surface area contributed by atoms with Crippen LogP contribution in [-0.2, 0) is 9.59 Å². The number of rotatable bonds is 7. The Morgan fingerprint density at radius 3 is 2.56 bits per heavy atom. The largest absolute Gasteiger partial charge is 0.480 e. The number of carbonyl (C=O) groups excluding carboxylic acids is 1. The minimum atomic E-state index is -0.878. The highest BCUT2D eigenvalue weighted by Gasteiger charge is 2.38. The van der Waals surface area contributed by atoms with Crippen LogP contribution in [0, 0.1) is 5.92 Å². The monoisotopic (exact) mass is 256 g/mol. The van der Waals surface area contributed by atoms with Crippen molar-refractivity contribution in [3.8, 4) is 0 Å². The van der Waals surface area contributed by atoms with Crippen LogP contribution in [0.25, 0.3) is 0 Å². The number of carboxylic acid groups (broad SMARTS) is 1. The summed E-state index contributed by atoms with van der Waals surface area (Å²) in [5.74, 6) is -0.834. The van der Waals surface area contributed by atoms with Crippen molar-refractivity contribution in [2.24, 2.45) is 11.7 Å². The second kappa shape index (κ2) is 7.36. The molecule has 0 aliphatic carbocycles. The minimum absolute atomic E-state index is 0.0144. The normalized spacial score (nSPS) is 23.3. The molecule has 1 rings (SSSR count). The van der Waals surface area contributed by atoms with E-state index in [1.165, 1.54) is 4.90 Å². The van der Waals surface area contributed by atoms with Crippen molar-refractivity contribution in [1.29, 1.82) is 0 Å². The number of carboxylic acids is 1. The molecule has 0 aromatic heterocycles. The molecule has 2 atom stereocenters. The fourth-order valence-electron chi connectivity index (χ4n) is 2.52. The van der Waals surface area contributed by atoms with Gasteiger partial charge in [-0.05, 0) is 31.7 Å². The van der Waals surface area contributed by atoms with E-state index >= 15 is 0 Å². The Morgan fingerprint density at radius 1 is 1.28 bits per heavy atom. The van der Waals surface area contributed by atoms with E-state index in [-0.39, 0.29) is 11.8 Å². The molecular formula is C13H24N2O3. The highest BCUT2D eigenvalue weighted by atomic mass is 16.4. The van der Waals surface area contributed by atoms with Crippen molar-refractivity contribution in [2.45, 2.75) is 51.5 Å². The summed E-state index contributed by atoms with van der Waals surface area (Å²) in [6, 6.07) is -0.624. The maximum absolute atomic E-state index is 12.0. The number of unbranched alkanes of at least 4 members (excludes halogenated alkanes) is 3. The second-order valence-corrected chi connectivity index (χ2v) is 5.09. The van der Waals surface area contributed by atoms with Gasteiger partial charge < -0.3 is 15.7 Å². The summed E-state index contributed by atoms with van der Waals surface area (Å²) in [4.78, 5) is 24.6. The van der Waals surface area contributed by atoms with Gasteiger partial charge in [0.05, 0.1) is 0 Å². The van der Waals surface area contributed by atoms with E-state index in [0.29, 0.717) is 19.5 Å². The lowest BCUT2D eigenvalue weighted by Crippen LogP contribution is -2.42. The number of amides is 1. The average Bonchev–Trinajstić information content (AvgIpc) is 2.70. The Balaban J connectivity index is 2.34. The summed E-state index contributed by atoms with van der Waals surface area (Å²) >= 11 is 0. The Hall–Kier alpha value is -1.10. The Kier molecular flexibility index (Phi) is 6.12. The van der Waals surface area contributed by atoms with E-state index in [4.69, 9.17) is 10.8 Å². The van der Waals surface area contributed by atoms with Crippen molar-refractivity contribution < 1.29 is 14.7 Å². The van der Waals surface area contributed by atoms with Crippen LogP contribution < -0.4 is 5.73 Å². The molecule has 1 saturated heterocycles. The standard InChI is InChI=1S/C13H24N2O3/c1-10-7-9-15(12(10)13(17)18)11(16)6-4-2-3-5-8-14/h10,12H,2-9,14H2,1H3,(H,17,18). The van der Waals surface area contributed by atoms with Gasteiger partial charge in [-0.2, -0.15) is 0 Å². The first-order valence-electron chi connectivity index (χ1n) is 6.80. The molecule has 104 valence electrons. The predicted octanol–water partition coefficient (Wildman–Crippen LogP) is 1.22. The van der Waals surface area contributed by atoms with Gasteiger partial charge >= 0.3 is 5.97 Å². The minimum Gasteiger partial charge on any atom is -0.480 e. The molecular weight excluding hydrogens is 232 g/mol. The van der Waals surface area contributed by atoms with Gasteiger partial charge in [-0.15, -0.1) is 0 Å². The van der Waals surface area contributed by atoms with Crippen LogP contribution >= 0.6 is 0 Å². The van der Waals surface area contributed by atoms with Gasteiger partial charge in [-0.3, -0.25) is 4.79 Å². The average molecular weight is 256 g/mol. The summed E-state index contributed by atoms with van der Waals surface area (Å²) in [6.07, 6.45) is 5.10. The van der Waals surface area contributed by atoms with Crippen molar-refractivity contribution in [2.75, 3.05) is 13.1 Å². The summed E-state index contributed by atoms with van der Waals surface area (Å²) in [5.41, 5.74) is 5.40. The Bertz CT molecular complexity index is 294. The van der Waals surface area contributed by atoms with Crippen LogP contribution in [0.5, 0.6) is 0 Å². The third-order valence-electron chi connectivity index (χ3n) is 3.62. The zero-order valence-corrected chi connectivity index (χ0v) is 11.1. The first-order valence-corrected chi connectivity index (χ1v) is 6.80. The third-order valence-corrected chi connectivity index (χ3v) is 3.62. The van der Waals surface area contributed by atoms with Crippen LogP contribution in [0.1, 0.15) is 45.4 Å². The highest BCUT2D eigenvalue weighted by molar-refractivity contribution is 5.84. The second-order valence-electron chi connectivity index (χ2n) is 5.09. The number of carbonyl (C=O) groups is 2. The van der Waals surface area contributed by atoms with Crippen LogP contribution in [0.2, 0.25) is 0 Å². The molecule has 5 nitrogen and oxygen atoms in total. The van der Waals surface area contributed by atoms with E-state index in [0.717, 1.165) is 32.1 Å². The van der Waals surface area contributed by atoms with Gasteiger partial charge in [0.25, 0.3) is 0 Å². The van der Waals surface area contributed by atoms with Crippen LogP contribution in [-0.4, -0.2) is 41.0 Å². The molecule has 1 fully saturated rings. The van der Waals surface area contributed by atoms with Gasteiger partial charge in [-0.1, -0.05) is 19.8 Å². The third kappa shape index (κ3) is 3.98. The van der Waals surface area contributed by atoms with Crippen LogP contribution in [0.15, 0.2) is 0 Å². The number of likely N-dealkylation sites (tertiary alicyclic amines) is 1. The van der Waals surface area contributed by atoms with E-state index in [1.807, 2.05) is 6.92 Å². The molecule has 0 spiro atoms. The molecule has 5 heteroatoms. The molecule has 1 heterocycles. The predicted molar refractivity (Wildman–Crippen MR) is 69.1 cm³/mol. The van der Waals surface area contributed by atoms with Gasteiger partial charge in [0.1, 0.15) is 6.04 Å². The number of nitrogens with zero attached hydrogens (tertiary/aromatic N) is 1. The number of hydrogen-bond donors (Lipinski definition) is 2.